The number of nitrogens with one attached hydrogen (secondary N) is 1. The molecule has 120 valence electrons. The highest BCUT2D eigenvalue weighted by molar-refractivity contribution is 7.87. The maximum Gasteiger partial charge on any atom is 0.279 e. The van der Waals surface area contributed by atoms with Crippen molar-refractivity contribution in [1.82, 2.24) is 9.03 Å². The van der Waals surface area contributed by atoms with Gasteiger partial charge in [0, 0.05) is 19.6 Å². The lowest BCUT2D eigenvalue weighted by atomic mass is 10.1. The number of nitrogens with two attached hydrogens (primary N) is 1. The van der Waals surface area contributed by atoms with Crippen LogP contribution in [0.3, 0.4) is 0 Å². The molecule has 3 N–H and O–H groups in total. The number of benzene rings is 1. The standard InChI is InChI=1S/C15H27N3O2S/c1-3-11-18(12-4-2)21(19,20)17-13-15-7-5-14(6-8-15)9-10-16/h5-8,17H,3-4,9-13,16H2,1-2H3. The zero-order chi connectivity index (χ0) is 15.7. The van der Waals surface area contributed by atoms with Gasteiger partial charge in [-0.1, -0.05) is 38.1 Å². The molecular formula is C15H27N3O2S. The van der Waals surface area contributed by atoms with Gasteiger partial charge in [0.1, 0.15) is 0 Å². The van der Waals surface area contributed by atoms with E-state index in [1.807, 2.05) is 38.1 Å². The van der Waals surface area contributed by atoms with E-state index in [0.29, 0.717) is 26.2 Å². The SMILES string of the molecule is CCCN(CCC)S(=O)(=O)NCc1ccc(CCN)cc1. The Morgan fingerprint density at radius 3 is 2.05 bits per heavy atom. The fourth-order valence-corrected chi connectivity index (χ4v) is 3.48. The Morgan fingerprint density at radius 2 is 1.57 bits per heavy atom. The van der Waals surface area contributed by atoms with E-state index in [1.54, 1.807) is 0 Å². The van der Waals surface area contributed by atoms with Gasteiger partial charge in [0.2, 0.25) is 0 Å². The second kappa shape index (κ2) is 9.15. The van der Waals surface area contributed by atoms with Crippen molar-refractivity contribution in [2.24, 2.45) is 5.73 Å². The highest BCUT2D eigenvalue weighted by Gasteiger charge is 2.19. The molecule has 21 heavy (non-hydrogen) atoms. The molecule has 0 unspecified atom stereocenters. The van der Waals surface area contributed by atoms with Crippen LogP contribution in [0.4, 0.5) is 0 Å². The lowest BCUT2D eigenvalue weighted by Gasteiger charge is -2.21. The lowest BCUT2D eigenvalue weighted by Crippen LogP contribution is -2.41. The van der Waals surface area contributed by atoms with E-state index < -0.39 is 10.2 Å². The van der Waals surface area contributed by atoms with Crippen LogP contribution in [0, 0.1) is 0 Å². The van der Waals surface area contributed by atoms with Crippen molar-refractivity contribution in [2.45, 2.75) is 39.7 Å². The van der Waals surface area contributed by atoms with E-state index in [1.165, 1.54) is 9.87 Å². The Bertz CT molecular complexity index is 494. The van der Waals surface area contributed by atoms with Crippen LogP contribution in [-0.2, 0) is 23.2 Å². The van der Waals surface area contributed by atoms with Gasteiger partial charge in [-0.25, -0.2) is 0 Å². The molecule has 0 heterocycles. The molecular weight excluding hydrogens is 286 g/mol. The molecule has 6 heteroatoms. The average Bonchev–Trinajstić information content (AvgIpc) is 2.47. The first-order valence-electron chi connectivity index (χ1n) is 7.56. The van der Waals surface area contributed by atoms with Crippen molar-refractivity contribution in [3.63, 3.8) is 0 Å². The molecule has 0 atom stereocenters. The largest absolute Gasteiger partial charge is 0.330 e. The minimum atomic E-state index is -3.40. The number of hydrogen-bond donors (Lipinski definition) is 2. The van der Waals surface area contributed by atoms with Crippen molar-refractivity contribution in [1.29, 1.82) is 0 Å². The van der Waals surface area contributed by atoms with Gasteiger partial charge in [0.05, 0.1) is 0 Å². The van der Waals surface area contributed by atoms with Crippen molar-refractivity contribution in [3.05, 3.63) is 35.4 Å². The molecule has 0 radical (unpaired) electrons. The third-order valence-electron chi connectivity index (χ3n) is 3.20. The smallest absolute Gasteiger partial charge is 0.279 e. The molecule has 0 amide bonds. The summed E-state index contributed by atoms with van der Waals surface area (Å²) >= 11 is 0. The number of hydrogen-bond acceptors (Lipinski definition) is 3. The highest BCUT2D eigenvalue weighted by Crippen LogP contribution is 2.07. The van der Waals surface area contributed by atoms with E-state index in [2.05, 4.69) is 4.72 Å². The molecule has 5 nitrogen and oxygen atoms in total. The molecule has 0 fully saturated rings. The summed E-state index contributed by atoms with van der Waals surface area (Å²) in [4.78, 5) is 0. The minimum Gasteiger partial charge on any atom is -0.330 e. The van der Waals surface area contributed by atoms with E-state index in [4.69, 9.17) is 5.73 Å². The van der Waals surface area contributed by atoms with Crippen LogP contribution in [0.2, 0.25) is 0 Å². The predicted molar refractivity (Wildman–Crippen MR) is 87.1 cm³/mol. The maximum absolute atomic E-state index is 12.3. The molecule has 0 aliphatic carbocycles. The third-order valence-corrected chi connectivity index (χ3v) is 4.75. The molecule has 0 bridgehead atoms. The molecule has 0 saturated heterocycles. The van der Waals surface area contributed by atoms with Gasteiger partial charge in [-0.2, -0.15) is 17.4 Å². The first-order chi connectivity index (χ1) is 10.0. The first kappa shape index (κ1) is 18.1. The van der Waals surface area contributed by atoms with E-state index in [9.17, 15) is 8.42 Å². The highest BCUT2D eigenvalue weighted by atomic mass is 32.2. The lowest BCUT2D eigenvalue weighted by molar-refractivity contribution is 0.401. The van der Waals surface area contributed by atoms with E-state index in [-0.39, 0.29) is 0 Å². The quantitative estimate of drug-likeness (QED) is 0.689. The van der Waals surface area contributed by atoms with Gasteiger partial charge >= 0.3 is 0 Å². The van der Waals surface area contributed by atoms with Crippen LogP contribution in [0.5, 0.6) is 0 Å². The predicted octanol–water partition coefficient (Wildman–Crippen LogP) is 1.64. The summed E-state index contributed by atoms with van der Waals surface area (Å²) in [6, 6.07) is 7.87. The molecule has 0 aliphatic rings. The van der Waals surface area contributed by atoms with Gasteiger partial charge < -0.3 is 5.73 Å². The average molecular weight is 313 g/mol. The fraction of sp³-hybridized carbons (Fsp3) is 0.600. The summed E-state index contributed by atoms with van der Waals surface area (Å²) < 4.78 is 28.7. The van der Waals surface area contributed by atoms with Gasteiger partial charge in [-0.15, -0.1) is 0 Å². The topological polar surface area (TPSA) is 75.4 Å². The second-order valence-corrected chi connectivity index (χ2v) is 6.84. The maximum atomic E-state index is 12.3. The normalized spacial score (nSPS) is 12.0. The summed E-state index contributed by atoms with van der Waals surface area (Å²) in [7, 11) is -3.40. The Kier molecular flexibility index (Phi) is 7.88. The molecule has 0 aromatic heterocycles. The van der Waals surface area contributed by atoms with Crippen molar-refractivity contribution < 1.29 is 8.42 Å². The Labute approximate surface area is 128 Å². The summed E-state index contributed by atoms with van der Waals surface area (Å²) in [5, 5.41) is 0. The van der Waals surface area contributed by atoms with Crippen molar-refractivity contribution >= 4 is 10.2 Å². The molecule has 1 aromatic rings. The van der Waals surface area contributed by atoms with Gasteiger partial charge in [-0.05, 0) is 36.9 Å². The Balaban J connectivity index is 2.62. The zero-order valence-electron chi connectivity index (χ0n) is 13.0. The summed E-state index contributed by atoms with van der Waals surface area (Å²) in [6.45, 7) is 6.00. The van der Waals surface area contributed by atoms with Crippen LogP contribution in [0.15, 0.2) is 24.3 Å². The summed E-state index contributed by atoms with van der Waals surface area (Å²) in [6.07, 6.45) is 2.47. The van der Waals surface area contributed by atoms with Crippen LogP contribution in [-0.4, -0.2) is 32.4 Å². The van der Waals surface area contributed by atoms with E-state index in [0.717, 1.165) is 24.8 Å². The molecule has 0 aliphatic heterocycles. The summed E-state index contributed by atoms with van der Waals surface area (Å²) in [5.74, 6) is 0. The summed E-state index contributed by atoms with van der Waals surface area (Å²) in [5.41, 5.74) is 7.63. The van der Waals surface area contributed by atoms with Crippen molar-refractivity contribution in [2.75, 3.05) is 19.6 Å². The van der Waals surface area contributed by atoms with Crippen molar-refractivity contribution in [3.8, 4) is 0 Å². The van der Waals surface area contributed by atoms with Crippen LogP contribution in [0.1, 0.15) is 37.8 Å². The van der Waals surface area contributed by atoms with E-state index >= 15 is 0 Å². The van der Waals surface area contributed by atoms with Gasteiger partial charge in [0.25, 0.3) is 10.2 Å². The van der Waals surface area contributed by atoms with Crippen LogP contribution < -0.4 is 10.5 Å². The molecule has 0 saturated carbocycles. The molecule has 1 rings (SSSR count). The second-order valence-electron chi connectivity index (χ2n) is 5.08. The van der Waals surface area contributed by atoms with Gasteiger partial charge in [-0.3, -0.25) is 0 Å². The Morgan fingerprint density at radius 1 is 1.05 bits per heavy atom. The van der Waals surface area contributed by atoms with Crippen LogP contribution >= 0.6 is 0 Å². The zero-order valence-corrected chi connectivity index (χ0v) is 13.8. The molecule has 1 aromatic carbocycles. The minimum absolute atomic E-state index is 0.315. The number of rotatable bonds is 10. The Hall–Kier alpha value is -0.950. The van der Waals surface area contributed by atoms with Gasteiger partial charge in [0.15, 0.2) is 0 Å². The monoisotopic (exact) mass is 313 g/mol. The third kappa shape index (κ3) is 6.13. The fourth-order valence-electron chi connectivity index (χ4n) is 2.11. The first-order valence-corrected chi connectivity index (χ1v) is 9.00. The molecule has 0 spiro atoms. The number of nitrogens with zero attached hydrogens (tertiary/aromatic N) is 1. The van der Waals surface area contributed by atoms with Crippen LogP contribution in [0.25, 0.3) is 0 Å².